The van der Waals surface area contributed by atoms with E-state index in [0.29, 0.717) is 16.5 Å². The van der Waals surface area contributed by atoms with Crippen molar-refractivity contribution >= 4 is 22.4 Å². The molecule has 18 heavy (non-hydrogen) atoms. The van der Waals surface area contributed by atoms with Crippen LogP contribution in [0.1, 0.15) is 11.1 Å². The number of hydrogen-bond donors (Lipinski definition) is 0. The normalized spacial score (nSPS) is 12.3. The Bertz CT molecular complexity index is 554. The lowest BCUT2D eigenvalue weighted by Gasteiger charge is -2.03. The summed E-state index contributed by atoms with van der Waals surface area (Å²) >= 11 is 5.78. The molecule has 0 unspecified atom stereocenters. The molecule has 4 heteroatoms. The maximum absolute atomic E-state index is 13.0. The Morgan fingerprint density at radius 1 is 1.00 bits per heavy atom. The van der Waals surface area contributed by atoms with Crippen molar-refractivity contribution in [1.82, 2.24) is 0 Å². The minimum Gasteiger partial charge on any atom is -0.259 e. The molecular formula is C14H12ClFOS. The van der Waals surface area contributed by atoms with E-state index in [1.54, 1.807) is 24.3 Å². The highest BCUT2D eigenvalue weighted by Crippen LogP contribution is 2.13. The summed E-state index contributed by atoms with van der Waals surface area (Å²) in [5, 5.41) is 0.662. The number of benzene rings is 2. The molecule has 1 nitrogen and oxygen atoms in total. The van der Waals surface area contributed by atoms with Gasteiger partial charge in [-0.1, -0.05) is 35.9 Å². The second-order valence-electron chi connectivity index (χ2n) is 3.98. The third-order valence-electron chi connectivity index (χ3n) is 2.46. The fourth-order valence-electron chi connectivity index (χ4n) is 1.63. The van der Waals surface area contributed by atoms with E-state index in [9.17, 15) is 8.60 Å². The molecule has 0 heterocycles. The van der Waals surface area contributed by atoms with Crippen LogP contribution in [0.5, 0.6) is 0 Å². The van der Waals surface area contributed by atoms with Gasteiger partial charge in [-0.25, -0.2) is 4.39 Å². The highest BCUT2D eigenvalue weighted by Gasteiger charge is 2.04. The second kappa shape index (κ2) is 6.12. The molecule has 0 spiro atoms. The third kappa shape index (κ3) is 3.93. The van der Waals surface area contributed by atoms with Crippen molar-refractivity contribution in [2.45, 2.75) is 11.5 Å². The molecule has 0 amide bonds. The quantitative estimate of drug-likeness (QED) is 0.830. The molecule has 2 aromatic rings. The molecule has 2 aromatic carbocycles. The number of rotatable bonds is 4. The van der Waals surface area contributed by atoms with E-state index in [1.807, 2.05) is 12.1 Å². The van der Waals surface area contributed by atoms with Gasteiger partial charge in [0.25, 0.3) is 0 Å². The molecule has 0 aromatic heterocycles. The van der Waals surface area contributed by atoms with Crippen LogP contribution in [0.3, 0.4) is 0 Å². The Morgan fingerprint density at radius 2 is 1.67 bits per heavy atom. The Balaban J connectivity index is 1.98. The molecule has 0 aliphatic rings. The van der Waals surface area contributed by atoms with Crippen LogP contribution in [0.4, 0.5) is 4.39 Å². The van der Waals surface area contributed by atoms with Crippen molar-refractivity contribution in [3.63, 3.8) is 0 Å². The molecule has 0 fully saturated rings. The Hall–Kier alpha value is -1.19. The van der Waals surface area contributed by atoms with E-state index >= 15 is 0 Å². The first kappa shape index (κ1) is 13.2. The summed E-state index contributed by atoms with van der Waals surface area (Å²) in [6, 6.07) is 13.5. The van der Waals surface area contributed by atoms with Crippen LogP contribution < -0.4 is 0 Å². The van der Waals surface area contributed by atoms with Gasteiger partial charge in [0.05, 0.1) is 0 Å². The van der Waals surface area contributed by atoms with Crippen LogP contribution in [0.25, 0.3) is 0 Å². The van der Waals surface area contributed by atoms with E-state index in [4.69, 9.17) is 11.6 Å². The molecule has 0 saturated heterocycles. The molecule has 0 N–H and O–H groups in total. The fraction of sp³-hybridized carbons (Fsp3) is 0.143. The smallest absolute Gasteiger partial charge is 0.123 e. The standard InChI is InChI=1S/C14H12ClFOS/c15-13-6-4-11(5-7-13)9-18(17)10-12-2-1-3-14(16)8-12/h1-8H,9-10H2/t18-/m1/s1. The Kier molecular flexibility index (Phi) is 4.50. The SMILES string of the molecule is O=[S@](Cc1ccc(Cl)cc1)Cc1cccc(F)c1. The molecule has 0 bridgehead atoms. The summed E-state index contributed by atoms with van der Waals surface area (Å²) in [4.78, 5) is 0. The average Bonchev–Trinajstić information content (AvgIpc) is 2.32. The third-order valence-corrected chi connectivity index (χ3v) is 4.02. The van der Waals surface area contributed by atoms with Crippen molar-refractivity contribution < 1.29 is 8.60 Å². The lowest BCUT2D eigenvalue weighted by atomic mass is 10.2. The van der Waals surface area contributed by atoms with Gasteiger partial charge in [0.2, 0.25) is 0 Å². The lowest BCUT2D eigenvalue weighted by Crippen LogP contribution is -1.99. The summed E-state index contributed by atoms with van der Waals surface area (Å²) in [7, 11) is -1.05. The summed E-state index contributed by atoms with van der Waals surface area (Å²) in [5.41, 5.74) is 1.72. The largest absolute Gasteiger partial charge is 0.259 e. The first-order valence-corrected chi connectivity index (χ1v) is 7.34. The van der Waals surface area contributed by atoms with Crippen molar-refractivity contribution in [2.24, 2.45) is 0 Å². The van der Waals surface area contributed by atoms with Crippen LogP contribution in [0.15, 0.2) is 48.5 Å². The van der Waals surface area contributed by atoms with E-state index < -0.39 is 10.8 Å². The maximum atomic E-state index is 13.0. The number of halogens is 2. The van der Waals surface area contributed by atoms with Crippen molar-refractivity contribution in [1.29, 1.82) is 0 Å². The number of hydrogen-bond acceptors (Lipinski definition) is 1. The van der Waals surface area contributed by atoms with Gasteiger partial charge < -0.3 is 0 Å². The Morgan fingerprint density at radius 3 is 2.33 bits per heavy atom. The zero-order valence-corrected chi connectivity index (χ0v) is 11.2. The van der Waals surface area contributed by atoms with Crippen LogP contribution in [0.2, 0.25) is 5.02 Å². The predicted molar refractivity (Wildman–Crippen MR) is 73.4 cm³/mol. The van der Waals surface area contributed by atoms with Crippen LogP contribution in [-0.2, 0) is 22.3 Å². The fourth-order valence-corrected chi connectivity index (χ4v) is 2.97. The van der Waals surface area contributed by atoms with Crippen molar-refractivity contribution in [3.8, 4) is 0 Å². The summed E-state index contributed by atoms with van der Waals surface area (Å²) in [6.45, 7) is 0. The minimum absolute atomic E-state index is 0.295. The first-order chi connectivity index (χ1) is 8.63. The zero-order chi connectivity index (χ0) is 13.0. The van der Waals surface area contributed by atoms with Crippen LogP contribution in [0, 0.1) is 5.82 Å². The van der Waals surface area contributed by atoms with Crippen LogP contribution in [-0.4, -0.2) is 4.21 Å². The van der Waals surface area contributed by atoms with Crippen molar-refractivity contribution in [3.05, 3.63) is 70.5 Å². The molecule has 0 radical (unpaired) electrons. The molecule has 0 aliphatic heterocycles. The van der Waals surface area contributed by atoms with Gasteiger partial charge in [0, 0.05) is 27.3 Å². The van der Waals surface area contributed by atoms with E-state index in [2.05, 4.69) is 0 Å². The molecular weight excluding hydrogens is 271 g/mol. The molecule has 1 atom stereocenters. The van der Waals surface area contributed by atoms with Gasteiger partial charge in [-0.15, -0.1) is 0 Å². The maximum Gasteiger partial charge on any atom is 0.123 e. The second-order valence-corrected chi connectivity index (χ2v) is 5.88. The van der Waals surface area contributed by atoms with Crippen LogP contribution >= 0.6 is 11.6 Å². The zero-order valence-electron chi connectivity index (χ0n) is 9.61. The van der Waals surface area contributed by atoms with E-state index in [1.165, 1.54) is 12.1 Å². The first-order valence-electron chi connectivity index (χ1n) is 5.47. The highest BCUT2D eigenvalue weighted by molar-refractivity contribution is 7.83. The van der Waals surface area contributed by atoms with E-state index in [-0.39, 0.29) is 5.82 Å². The summed E-state index contributed by atoms with van der Waals surface area (Å²) < 4.78 is 24.9. The monoisotopic (exact) mass is 282 g/mol. The van der Waals surface area contributed by atoms with Crippen molar-refractivity contribution in [2.75, 3.05) is 0 Å². The van der Waals surface area contributed by atoms with Gasteiger partial charge in [-0.2, -0.15) is 0 Å². The van der Waals surface area contributed by atoms with Gasteiger partial charge in [0.15, 0.2) is 0 Å². The van der Waals surface area contributed by atoms with Gasteiger partial charge in [0.1, 0.15) is 5.82 Å². The predicted octanol–water partition coefficient (Wildman–Crippen LogP) is 3.93. The average molecular weight is 283 g/mol. The summed E-state index contributed by atoms with van der Waals surface area (Å²) in [6.07, 6.45) is 0. The molecule has 0 saturated carbocycles. The topological polar surface area (TPSA) is 17.1 Å². The van der Waals surface area contributed by atoms with E-state index in [0.717, 1.165) is 11.1 Å². The summed E-state index contributed by atoms with van der Waals surface area (Å²) in [5.74, 6) is 0.518. The molecule has 94 valence electrons. The van der Waals surface area contributed by atoms with Gasteiger partial charge >= 0.3 is 0 Å². The van der Waals surface area contributed by atoms with Gasteiger partial charge in [-0.3, -0.25) is 4.21 Å². The lowest BCUT2D eigenvalue weighted by molar-refractivity contribution is 0.626. The minimum atomic E-state index is -1.05. The Labute approximate surface area is 113 Å². The van der Waals surface area contributed by atoms with Gasteiger partial charge in [-0.05, 0) is 35.4 Å². The molecule has 2 rings (SSSR count). The highest BCUT2D eigenvalue weighted by atomic mass is 35.5. The molecule has 0 aliphatic carbocycles.